The summed E-state index contributed by atoms with van der Waals surface area (Å²) in [5, 5.41) is 30.1. The van der Waals surface area contributed by atoms with Crippen molar-refractivity contribution in [1.82, 2.24) is 0 Å². The minimum absolute atomic E-state index is 0.320. The van der Waals surface area contributed by atoms with E-state index in [4.69, 9.17) is 4.74 Å². The van der Waals surface area contributed by atoms with Crippen molar-refractivity contribution < 1.29 is 20.1 Å². The molecule has 3 aliphatic carbocycles. The predicted molar refractivity (Wildman–Crippen MR) is 130 cm³/mol. The fraction of sp³-hybridized carbons (Fsp3) is 0.786. The highest BCUT2D eigenvalue weighted by atomic mass is 16.5. The van der Waals surface area contributed by atoms with Gasteiger partial charge in [-0.3, -0.25) is 0 Å². The molecule has 0 spiro atoms. The van der Waals surface area contributed by atoms with Gasteiger partial charge >= 0.3 is 0 Å². The van der Waals surface area contributed by atoms with Crippen LogP contribution < -0.4 is 0 Å². The van der Waals surface area contributed by atoms with E-state index in [9.17, 15) is 15.3 Å². The minimum atomic E-state index is -0.625. The van der Waals surface area contributed by atoms with Gasteiger partial charge in [0.2, 0.25) is 0 Å². The minimum Gasteiger partial charge on any atom is -0.393 e. The SMILES string of the molecule is C=C1/C(=C/C=C2\CCC[C@]3(C)[C@@H]([C@H](C)COCCCC(C)(C)O)CC[C@@H]23)C[C@@H](O)C[C@@H]1O. The normalized spacial score (nSPS) is 37.2. The molecule has 3 rings (SSSR count). The molecule has 3 saturated carbocycles. The first-order chi connectivity index (χ1) is 15.0. The van der Waals surface area contributed by atoms with Crippen LogP contribution in [0.3, 0.4) is 0 Å². The second-order valence-corrected chi connectivity index (χ2v) is 11.6. The highest BCUT2D eigenvalue weighted by Crippen LogP contribution is 2.59. The molecule has 4 nitrogen and oxygen atoms in total. The zero-order valence-corrected chi connectivity index (χ0v) is 20.8. The van der Waals surface area contributed by atoms with Crippen molar-refractivity contribution in [1.29, 1.82) is 0 Å². The molecule has 0 bridgehead atoms. The second-order valence-electron chi connectivity index (χ2n) is 11.6. The molecule has 3 aliphatic rings. The van der Waals surface area contributed by atoms with Gasteiger partial charge in [0.15, 0.2) is 0 Å². The van der Waals surface area contributed by atoms with E-state index >= 15 is 0 Å². The Kier molecular flexibility index (Phi) is 8.46. The summed E-state index contributed by atoms with van der Waals surface area (Å²) in [5.74, 6) is 1.82. The van der Waals surface area contributed by atoms with E-state index in [2.05, 4.69) is 32.6 Å². The van der Waals surface area contributed by atoms with Crippen LogP contribution in [-0.2, 0) is 4.74 Å². The van der Waals surface area contributed by atoms with Gasteiger partial charge in [0, 0.05) is 19.6 Å². The lowest BCUT2D eigenvalue weighted by molar-refractivity contribution is 0.0209. The van der Waals surface area contributed by atoms with Crippen molar-refractivity contribution in [3.05, 3.63) is 35.5 Å². The smallest absolute Gasteiger partial charge is 0.0811 e. The summed E-state index contributed by atoms with van der Waals surface area (Å²) in [4.78, 5) is 0. The summed E-state index contributed by atoms with van der Waals surface area (Å²) in [6.45, 7) is 14.1. The molecule has 0 aromatic rings. The third-order valence-corrected chi connectivity index (χ3v) is 8.45. The molecular formula is C28H46O4. The van der Waals surface area contributed by atoms with E-state index in [1.165, 1.54) is 31.3 Å². The van der Waals surface area contributed by atoms with Gasteiger partial charge in [-0.1, -0.05) is 38.2 Å². The lowest BCUT2D eigenvalue weighted by Crippen LogP contribution is -2.37. The number of rotatable bonds is 8. The molecule has 0 unspecified atom stereocenters. The van der Waals surface area contributed by atoms with Gasteiger partial charge in [-0.2, -0.15) is 0 Å². The molecule has 32 heavy (non-hydrogen) atoms. The Morgan fingerprint density at radius 1 is 1.25 bits per heavy atom. The number of allylic oxidation sites excluding steroid dienone is 3. The highest BCUT2D eigenvalue weighted by molar-refractivity contribution is 5.38. The summed E-state index contributed by atoms with van der Waals surface area (Å²) in [7, 11) is 0. The van der Waals surface area contributed by atoms with E-state index in [1.807, 2.05) is 13.8 Å². The van der Waals surface area contributed by atoms with Crippen LogP contribution >= 0.6 is 0 Å². The van der Waals surface area contributed by atoms with Gasteiger partial charge in [0.1, 0.15) is 0 Å². The van der Waals surface area contributed by atoms with Crippen molar-refractivity contribution in [3.63, 3.8) is 0 Å². The Morgan fingerprint density at radius 3 is 2.72 bits per heavy atom. The standard InChI is InChI=1S/C28H46O4/c1-19(18-32-15-7-13-27(3,4)31)24-11-12-25-21(8-6-14-28(24,25)5)9-10-22-16-23(29)17-26(30)20(22)2/h9-10,19,23-26,29-31H,2,6-8,11-18H2,1,3-5H3/b21-9+,22-10+/t19-,23-,24-,25+,26+,28-/m1/s1. The maximum Gasteiger partial charge on any atom is 0.0811 e. The van der Waals surface area contributed by atoms with Gasteiger partial charge < -0.3 is 20.1 Å². The fourth-order valence-electron chi connectivity index (χ4n) is 6.67. The van der Waals surface area contributed by atoms with Crippen LogP contribution in [0.1, 0.15) is 85.5 Å². The molecule has 182 valence electrons. The van der Waals surface area contributed by atoms with E-state index in [0.29, 0.717) is 36.0 Å². The van der Waals surface area contributed by atoms with Crippen LogP contribution in [0, 0.1) is 23.2 Å². The van der Waals surface area contributed by atoms with Gasteiger partial charge in [0.05, 0.1) is 17.8 Å². The molecule has 3 fully saturated rings. The zero-order chi connectivity index (χ0) is 23.5. The van der Waals surface area contributed by atoms with Crippen molar-refractivity contribution in [2.45, 2.75) is 103 Å². The number of hydrogen-bond acceptors (Lipinski definition) is 4. The molecule has 0 aromatic carbocycles. The molecule has 4 heteroatoms. The van der Waals surface area contributed by atoms with Crippen molar-refractivity contribution in [3.8, 4) is 0 Å². The maximum atomic E-state index is 10.1. The van der Waals surface area contributed by atoms with Crippen LogP contribution in [0.4, 0.5) is 0 Å². The van der Waals surface area contributed by atoms with E-state index in [1.54, 1.807) is 0 Å². The molecule has 0 aromatic heterocycles. The van der Waals surface area contributed by atoms with Crippen molar-refractivity contribution in [2.75, 3.05) is 13.2 Å². The topological polar surface area (TPSA) is 69.9 Å². The van der Waals surface area contributed by atoms with Gasteiger partial charge in [-0.15, -0.1) is 0 Å². The first-order valence-electron chi connectivity index (χ1n) is 12.8. The highest BCUT2D eigenvalue weighted by Gasteiger charge is 2.50. The van der Waals surface area contributed by atoms with E-state index in [0.717, 1.165) is 43.6 Å². The monoisotopic (exact) mass is 446 g/mol. The number of hydrogen-bond donors (Lipinski definition) is 3. The molecule has 0 aliphatic heterocycles. The average Bonchev–Trinajstić information content (AvgIpc) is 3.06. The summed E-state index contributed by atoms with van der Waals surface area (Å²) >= 11 is 0. The number of aliphatic hydroxyl groups is 3. The van der Waals surface area contributed by atoms with E-state index < -0.39 is 17.8 Å². The van der Waals surface area contributed by atoms with Gasteiger partial charge in [-0.25, -0.2) is 0 Å². The molecule has 6 atom stereocenters. The lowest BCUT2D eigenvalue weighted by Gasteiger charge is -2.44. The third-order valence-electron chi connectivity index (χ3n) is 8.45. The molecule has 0 amide bonds. The first kappa shape index (κ1) is 25.7. The third kappa shape index (κ3) is 6.14. The summed E-state index contributed by atoms with van der Waals surface area (Å²) in [6, 6.07) is 0. The van der Waals surface area contributed by atoms with Crippen LogP contribution in [-0.4, -0.2) is 46.3 Å². The number of fused-ring (bicyclic) bond motifs is 1. The summed E-state index contributed by atoms with van der Waals surface area (Å²) in [6.07, 6.45) is 12.1. The molecular weight excluding hydrogens is 400 g/mol. The van der Waals surface area contributed by atoms with Crippen molar-refractivity contribution >= 4 is 0 Å². The van der Waals surface area contributed by atoms with E-state index in [-0.39, 0.29) is 0 Å². The van der Waals surface area contributed by atoms with Gasteiger partial charge in [-0.05, 0) is 99.5 Å². The Labute approximate surface area is 195 Å². The summed E-state index contributed by atoms with van der Waals surface area (Å²) < 4.78 is 6.02. The molecule has 3 N–H and O–H groups in total. The molecule has 0 heterocycles. The van der Waals surface area contributed by atoms with Crippen LogP contribution in [0.25, 0.3) is 0 Å². The number of aliphatic hydroxyl groups excluding tert-OH is 2. The largest absolute Gasteiger partial charge is 0.393 e. The Hall–Kier alpha value is -0.940. The Bertz CT molecular complexity index is 715. The average molecular weight is 447 g/mol. The predicted octanol–water partition coefficient (Wildman–Crippen LogP) is 5.33. The Balaban J connectivity index is 1.61. The lowest BCUT2D eigenvalue weighted by atomic mass is 9.61. The van der Waals surface area contributed by atoms with Crippen molar-refractivity contribution in [2.24, 2.45) is 23.2 Å². The summed E-state index contributed by atoms with van der Waals surface area (Å²) in [5.41, 5.74) is 3.01. The first-order valence-corrected chi connectivity index (χ1v) is 12.8. The quantitative estimate of drug-likeness (QED) is 0.441. The molecule has 0 saturated heterocycles. The maximum absolute atomic E-state index is 10.1. The van der Waals surface area contributed by atoms with Crippen LogP contribution in [0.2, 0.25) is 0 Å². The number of ether oxygens (including phenoxy) is 1. The second kappa shape index (κ2) is 10.5. The van der Waals surface area contributed by atoms with Gasteiger partial charge in [0.25, 0.3) is 0 Å². The fourth-order valence-corrected chi connectivity index (χ4v) is 6.67. The van der Waals surface area contributed by atoms with Crippen LogP contribution in [0.15, 0.2) is 35.5 Å². The Morgan fingerprint density at radius 2 is 2.00 bits per heavy atom. The van der Waals surface area contributed by atoms with Crippen LogP contribution in [0.5, 0.6) is 0 Å². The molecule has 0 radical (unpaired) electrons. The zero-order valence-electron chi connectivity index (χ0n) is 20.8.